The van der Waals surface area contributed by atoms with Crippen molar-refractivity contribution in [3.8, 4) is 0 Å². The molecule has 150 valence electrons. The molecule has 0 spiro atoms. The zero-order chi connectivity index (χ0) is 21.1. The van der Waals surface area contributed by atoms with Gasteiger partial charge in [-0.15, -0.1) is 0 Å². The molecule has 2 aromatic heterocycles. The van der Waals surface area contributed by atoms with Crippen molar-refractivity contribution in [2.24, 2.45) is 0 Å². The van der Waals surface area contributed by atoms with Crippen LogP contribution in [0.5, 0.6) is 0 Å². The molecule has 4 rings (SSSR count). The normalized spacial score (nSPS) is 10.8. The van der Waals surface area contributed by atoms with E-state index in [2.05, 4.69) is 10.3 Å². The number of aromatic nitrogens is 2. The number of aryl methyl sites for hydroxylation is 1. The van der Waals surface area contributed by atoms with Gasteiger partial charge in [0, 0.05) is 17.8 Å². The lowest BCUT2D eigenvalue weighted by atomic mass is 10.1. The average Bonchev–Trinajstić information content (AvgIpc) is 2.76. The maximum absolute atomic E-state index is 12.3. The molecule has 0 bridgehead atoms. The number of esters is 1. The van der Waals surface area contributed by atoms with E-state index in [0.29, 0.717) is 16.9 Å². The summed E-state index contributed by atoms with van der Waals surface area (Å²) in [6.45, 7) is 1.45. The van der Waals surface area contributed by atoms with E-state index in [1.165, 1.54) is 10.5 Å². The van der Waals surface area contributed by atoms with Crippen LogP contribution in [0.15, 0.2) is 71.7 Å². The fourth-order valence-electron chi connectivity index (χ4n) is 3.12. The van der Waals surface area contributed by atoms with Gasteiger partial charge in [0.05, 0.1) is 5.69 Å². The Kier molecular flexibility index (Phi) is 5.26. The summed E-state index contributed by atoms with van der Waals surface area (Å²) in [4.78, 5) is 40.8. The molecule has 0 aliphatic heterocycles. The highest BCUT2D eigenvalue weighted by atomic mass is 16.5. The van der Waals surface area contributed by atoms with Gasteiger partial charge in [-0.25, -0.2) is 4.98 Å². The van der Waals surface area contributed by atoms with Crippen molar-refractivity contribution in [2.45, 2.75) is 13.5 Å². The van der Waals surface area contributed by atoms with E-state index in [1.54, 1.807) is 24.4 Å². The highest BCUT2D eigenvalue weighted by Crippen LogP contribution is 2.15. The van der Waals surface area contributed by atoms with Gasteiger partial charge in [0.15, 0.2) is 0 Å². The molecule has 0 radical (unpaired) electrons. The monoisotopic (exact) mass is 401 g/mol. The number of hydrogen-bond donors (Lipinski definition) is 1. The summed E-state index contributed by atoms with van der Waals surface area (Å²) in [6, 6.07) is 17.9. The second kappa shape index (κ2) is 8.16. The number of carbonyl (C=O) groups excluding carboxylic acids is 2. The Morgan fingerprint density at radius 3 is 2.67 bits per heavy atom. The van der Waals surface area contributed by atoms with Crippen molar-refractivity contribution in [3.05, 3.63) is 94.0 Å². The number of carbonyl (C=O) groups is 2. The van der Waals surface area contributed by atoms with Gasteiger partial charge in [-0.3, -0.25) is 18.8 Å². The van der Waals surface area contributed by atoms with Crippen LogP contribution in [0.3, 0.4) is 0 Å². The number of fused-ring (bicyclic) bond motifs is 2. The molecule has 0 aliphatic rings. The van der Waals surface area contributed by atoms with Gasteiger partial charge in [0.2, 0.25) is 0 Å². The van der Waals surface area contributed by atoms with Crippen LogP contribution in [0.1, 0.15) is 21.6 Å². The third-order valence-electron chi connectivity index (χ3n) is 4.65. The fraction of sp³-hybridized carbons (Fsp3) is 0.130. The first-order valence-corrected chi connectivity index (χ1v) is 9.41. The Labute approximate surface area is 171 Å². The van der Waals surface area contributed by atoms with Gasteiger partial charge in [0.1, 0.15) is 18.8 Å². The second-order valence-corrected chi connectivity index (χ2v) is 6.93. The van der Waals surface area contributed by atoms with Gasteiger partial charge in [-0.2, -0.15) is 0 Å². The molecule has 7 heteroatoms. The number of pyridine rings is 1. The van der Waals surface area contributed by atoms with Crippen LogP contribution < -0.4 is 10.9 Å². The molecule has 1 amide bonds. The molecule has 1 N–H and O–H groups in total. The summed E-state index contributed by atoms with van der Waals surface area (Å²) in [5, 5.41) is 4.52. The zero-order valence-corrected chi connectivity index (χ0v) is 16.3. The quantitative estimate of drug-likeness (QED) is 0.519. The molecule has 0 unspecified atom stereocenters. The number of ether oxygens (including phenoxy) is 1. The van der Waals surface area contributed by atoms with E-state index >= 15 is 0 Å². The van der Waals surface area contributed by atoms with Crippen molar-refractivity contribution in [1.82, 2.24) is 14.7 Å². The predicted molar refractivity (Wildman–Crippen MR) is 112 cm³/mol. The Hall–Kier alpha value is -4.00. The third-order valence-corrected chi connectivity index (χ3v) is 4.65. The molecule has 0 saturated heterocycles. The van der Waals surface area contributed by atoms with Gasteiger partial charge in [-0.1, -0.05) is 36.4 Å². The first kappa shape index (κ1) is 19.3. The van der Waals surface area contributed by atoms with Crippen molar-refractivity contribution >= 4 is 28.3 Å². The lowest BCUT2D eigenvalue weighted by Crippen LogP contribution is -2.30. The number of amides is 1. The standard InChI is InChI=1S/C23H19N3O4/c1-15-6-9-20-25-19(11-21(27)26(20)13-15)14-30-22(28)12-24-23(29)18-8-7-16-4-2-3-5-17(16)10-18/h2-11,13H,12,14H2,1H3,(H,24,29). The number of hydrogen-bond acceptors (Lipinski definition) is 5. The lowest BCUT2D eigenvalue weighted by molar-refractivity contribution is -0.143. The first-order chi connectivity index (χ1) is 14.5. The van der Waals surface area contributed by atoms with Crippen molar-refractivity contribution < 1.29 is 14.3 Å². The molecule has 4 aromatic rings. The van der Waals surface area contributed by atoms with Gasteiger partial charge in [-0.05, 0) is 41.5 Å². The van der Waals surface area contributed by atoms with Crippen LogP contribution in [0.25, 0.3) is 16.4 Å². The molecule has 0 saturated carbocycles. The molecular formula is C23H19N3O4. The lowest BCUT2D eigenvalue weighted by Gasteiger charge is -2.08. The summed E-state index contributed by atoms with van der Waals surface area (Å²) in [7, 11) is 0. The molecule has 2 heterocycles. The van der Waals surface area contributed by atoms with Crippen LogP contribution in [0.4, 0.5) is 0 Å². The molecule has 2 aromatic carbocycles. The predicted octanol–water partition coefficient (Wildman–Crippen LogP) is 2.63. The average molecular weight is 401 g/mol. The van der Waals surface area contributed by atoms with Crippen LogP contribution >= 0.6 is 0 Å². The van der Waals surface area contributed by atoms with Crippen molar-refractivity contribution in [3.63, 3.8) is 0 Å². The highest BCUT2D eigenvalue weighted by Gasteiger charge is 2.11. The maximum atomic E-state index is 12.3. The second-order valence-electron chi connectivity index (χ2n) is 6.93. The summed E-state index contributed by atoms with van der Waals surface area (Å²) in [5.74, 6) is -0.981. The zero-order valence-electron chi connectivity index (χ0n) is 16.3. The molecule has 7 nitrogen and oxygen atoms in total. The topological polar surface area (TPSA) is 89.8 Å². The Morgan fingerprint density at radius 1 is 1.03 bits per heavy atom. The minimum Gasteiger partial charge on any atom is -0.458 e. The number of rotatable bonds is 5. The summed E-state index contributed by atoms with van der Waals surface area (Å²) >= 11 is 0. The van der Waals surface area contributed by atoms with E-state index in [-0.39, 0.29) is 24.6 Å². The minimum atomic E-state index is -0.616. The van der Waals surface area contributed by atoms with Gasteiger partial charge >= 0.3 is 5.97 Å². The molecule has 0 atom stereocenters. The molecule has 0 aliphatic carbocycles. The van der Waals surface area contributed by atoms with Crippen LogP contribution in [-0.2, 0) is 16.1 Å². The third kappa shape index (κ3) is 4.20. The summed E-state index contributed by atoms with van der Waals surface area (Å²) in [6.07, 6.45) is 1.70. The maximum Gasteiger partial charge on any atom is 0.325 e. The summed E-state index contributed by atoms with van der Waals surface area (Å²) < 4.78 is 6.58. The van der Waals surface area contributed by atoms with Crippen LogP contribution in [0, 0.1) is 6.92 Å². The highest BCUT2D eigenvalue weighted by molar-refractivity contribution is 5.99. The Morgan fingerprint density at radius 2 is 1.83 bits per heavy atom. The number of nitrogens with zero attached hydrogens (tertiary/aromatic N) is 2. The van der Waals surface area contributed by atoms with Crippen LogP contribution in [0.2, 0.25) is 0 Å². The van der Waals surface area contributed by atoms with Gasteiger partial charge in [0.25, 0.3) is 11.5 Å². The van der Waals surface area contributed by atoms with Crippen molar-refractivity contribution in [2.75, 3.05) is 6.54 Å². The number of benzene rings is 2. The van der Waals surface area contributed by atoms with E-state index < -0.39 is 5.97 Å². The SMILES string of the molecule is Cc1ccc2nc(COC(=O)CNC(=O)c3ccc4ccccc4c3)cc(=O)n2c1. The van der Waals surface area contributed by atoms with E-state index in [9.17, 15) is 14.4 Å². The van der Waals surface area contributed by atoms with Gasteiger partial charge < -0.3 is 10.1 Å². The minimum absolute atomic E-state index is 0.149. The largest absolute Gasteiger partial charge is 0.458 e. The molecule has 30 heavy (non-hydrogen) atoms. The van der Waals surface area contributed by atoms with Crippen LogP contribution in [-0.4, -0.2) is 27.8 Å². The first-order valence-electron chi connectivity index (χ1n) is 9.41. The van der Waals surface area contributed by atoms with E-state index in [1.807, 2.05) is 43.3 Å². The Bertz CT molecular complexity index is 1330. The van der Waals surface area contributed by atoms with E-state index in [0.717, 1.165) is 16.3 Å². The van der Waals surface area contributed by atoms with Crippen molar-refractivity contribution in [1.29, 1.82) is 0 Å². The smallest absolute Gasteiger partial charge is 0.325 e. The molecule has 0 fully saturated rings. The summed E-state index contributed by atoms with van der Waals surface area (Å²) in [5.41, 5.74) is 1.97. The molecular weight excluding hydrogens is 382 g/mol. The fourth-order valence-corrected chi connectivity index (χ4v) is 3.12. The Balaban J connectivity index is 1.35. The van der Waals surface area contributed by atoms with E-state index in [4.69, 9.17) is 4.74 Å². The number of nitrogens with one attached hydrogen (secondary N) is 1.